The molecule has 0 unspecified atom stereocenters. The van der Waals surface area contributed by atoms with Gasteiger partial charge in [0.1, 0.15) is 17.9 Å². The van der Waals surface area contributed by atoms with Crippen LogP contribution >= 0.6 is 28.3 Å². The van der Waals surface area contributed by atoms with Gasteiger partial charge in [-0.3, -0.25) is 4.79 Å². The van der Waals surface area contributed by atoms with Gasteiger partial charge in [0, 0.05) is 17.4 Å². The number of hydrogen-bond donors (Lipinski definition) is 1. The van der Waals surface area contributed by atoms with E-state index in [1.165, 1.54) is 7.11 Å². The first-order chi connectivity index (χ1) is 9.13. The van der Waals surface area contributed by atoms with Crippen molar-refractivity contribution in [1.82, 2.24) is 5.32 Å². The fourth-order valence-corrected chi connectivity index (χ4v) is 2.64. The van der Waals surface area contributed by atoms with Crippen molar-refractivity contribution in [2.75, 3.05) is 13.7 Å². The number of aryl methyl sites for hydroxylation is 1. The molecule has 4 nitrogen and oxygen atoms in total. The van der Waals surface area contributed by atoms with E-state index >= 15 is 0 Å². The number of rotatable bonds is 4. The maximum atomic E-state index is 11.4. The number of ether oxygens (including phenoxy) is 2. The van der Waals surface area contributed by atoms with Crippen LogP contribution in [0.1, 0.15) is 18.9 Å². The zero-order chi connectivity index (χ0) is 13.8. The third kappa shape index (κ3) is 4.11. The highest BCUT2D eigenvalue weighted by molar-refractivity contribution is 9.10. The summed E-state index contributed by atoms with van der Waals surface area (Å²) in [6.07, 6.45) is 1.57. The molecule has 0 aromatic heterocycles. The van der Waals surface area contributed by atoms with Crippen LogP contribution in [0.5, 0.6) is 5.75 Å². The number of halogens is 2. The monoisotopic (exact) mass is 363 g/mol. The second-order valence-electron chi connectivity index (χ2n) is 4.57. The summed E-state index contributed by atoms with van der Waals surface area (Å²) in [5.74, 6) is 0.667. The predicted molar refractivity (Wildman–Crippen MR) is 83.6 cm³/mol. The number of carbonyl (C=O) groups is 1. The molecule has 1 aliphatic heterocycles. The summed E-state index contributed by atoms with van der Waals surface area (Å²) in [6, 6.07) is 5.74. The molecule has 1 N–H and O–H groups in total. The minimum Gasteiger partial charge on any atom is -0.489 e. The van der Waals surface area contributed by atoms with Crippen LogP contribution < -0.4 is 10.1 Å². The van der Waals surface area contributed by atoms with Gasteiger partial charge in [0.15, 0.2) is 0 Å². The Hall–Kier alpha value is -0.780. The largest absolute Gasteiger partial charge is 0.489 e. The Morgan fingerprint density at radius 3 is 2.90 bits per heavy atom. The third-order valence-electron chi connectivity index (χ3n) is 3.27. The molecule has 0 radical (unpaired) electrons. The van der Waals surface area contributed by atoms with E-state index in [9.17, 15) is 4.79 Å². The van der Waals surface area contributed by atoms with E-state index in [-0.39, 0.29) is 30.5 Å². The summed E-state index contributed by atoms with van der Waals surface area (Å²) in [4.78, 5) is 11.4. The summed E-state index contributed by atoms with van der Waals surface area (Å²) in [6.45, 7) is 2.76. The van der Waals surface area contributed by atoms with E-state index in [0.717, 1.165) is 22.2 Å². The normalized spacial score (nSPS) is 21.1. The van der Waals surface area contributed by atoms with Gasteiger partial charge in [-0.2, -0.15) is 0 Å². The fraction of sp³-hybridized carbons (Fsp3) is 0.500. The van der Waals surface area contributed by atoms with E-state index < -0.39 is 0 Å². The average molecular weight is 365 g/mol. The molecular formula is C14H19BrClNO3. The standard InChI is InChI=1S/C14H18BrNO3.ClH/c1-3-9-6-10(15)4-5-13(9)19-11-7-12(16-8-11)14(17)18-2;/h4-6,11-12,16H,3,7-8H2,1-2H3;1H/t11-,12-;/m0./s1. The number of nitrogens with one attached hydrogen (secondary N) is 1. The van der Waals surface area contributed by atoms with Crippen molar-refractivity contribution in [3.8, 4) is 5.75 Å². The molecule has 112 valence electrons. The van der Waals surface area contributed by atoms with Gasteiger partial charge < -0.3 is 14.8 Å². The van der Waals surface area contributed by atoms with Crippen LogP contribution in [0.3, 0.4) is 0 Å². The molecule has 1 aromatic rings. The highest BCUT2D eigenvalue weighted by atomic mass is 79.9. The Labute approximate surface area is 133 Å². The van der Waals surface area contributed by atoms with Crippen LogP contribution in [0.2, 0.25) is 0 Å². The molecule has 1 aromatic carbocycles. The lowest BCUT2D eigenvalue weighted by molar-refractivity contribution is -0.142. The van der Waals surface area contributed by atoms with Gasteiger partial charge in [0.2, 0.25) is 0 Å². The van der Waals surface area contributed by atoms with Crippen molar-refractivity contribution in [2.45, 2.75) is 31.9 Å². The number of benzene rings is 1. The first kappa shape index (κ1) is 17.3. The molecule has 0 spiro atoms. The van der Waals surface area contributed by atoms with Crippen molar-refractivity contribution in [2.24, 2.45) is 0 Å². The van der Waals surface area contributed by atoms with Crippen molar-refractivity contribution in [1.29, 1.82) is 0 Å². The quantitative estimate of drug-likeness (QED) is 0.835. The van der Waals surface area contributed by atoms with Crippen LogP contribution in [0.4, 0.5) is 0 Å². The van der Waals surface area contributed by atoms with Crippen molar-refractivity contribution >= 4 is 34.3 Å². The van der Waals surface area contributed by atoms with Crippen molar-refractivity contribution in [3.63, 3.8) is 0 Å². The third-order valence-corrected chi connectivity index (χ3v) is 3.77. The van der Waals surface area contributed by atoms with Crippen LogP contribution in [-0.4, -0.2) is 31.8 Å². The average Bonchev–Trinajstić information content (AvgIpc) is 2.88. The van der Waals surface area contributed by atoms with Gasteiger partial charge >= 0.3 is 5.97 Å². The van der Waals surface area contributed by atoms with Gasteiger partial charge in [-0.05, 0) is 30.2 Å². The minimum atomic E-state index is -0.254. The SMILES string of the molecule is CCc1cc(Br)ccc1O[C@@H]1CN[C@H](C(=O)OC)C1.Cl. The summed E-state index contributed by atoms with van der Waals surface area (Å²) in [7, 11) is 1.40. The van der Waals surface area contributed by atoms with Gasteiger partial charge in [-0.25, -0.2) is 0 Å². The molecular weight excluding hydrogens is 346 g/mol. The topological polar surface area (TPSA) is 47.6 Å². The van der Waals surface area contributed by atoms with Crippen LogP contribution in [-0.2, 0) is 16.0 Å². The molecule has 2 rings (SSSR count). The molecule has 1 fully saturated rings. The number of carbonyl (C=O) groups excluding carboxylic acids is 1. The molecule has 1 aliphatic rings. The lowest BCUT2D eigenvalue weighted by Crippen LogP contribution is -2.31. The van der Waals surface area contributed by atoms with Crippen molar-refractivity contribution in [3.05, 3.63) is 28.2 Å². The Morgan fingerprint density at radius 2 is 2.25 bits per heavy atom. The van der Waals surface area contributed by atoms with E-state index in [2.05, 4.69) is 34.2 Å². The predicted octanol–water partition coefficient (Wildman–Crippen LogP) is 2.72. The minimum absolute atomic E-state index is 0. The van der Waals surface area contributed by atoms with Gasteiger partial charge in [0.05, 0.1) is 7.11 Å². The Morgan fingerprint density at radius 1 is 1.50 bits per heavy atom. The number of methoxy groups -OCH3 is 1. The van der Waals surface area contributed by atoms with Gasteiger partial charge in [-0.15, -0.1) is 12.4 Å². The lowest BCUT2D eigenvalue weighted by Gasteiger charge is -2.16. The fourth-order valence-electron chi connectivity index (χ4n) is 2.23. The summed E-state index contributed by atoms with van der Waals surface area (Å²) in [5, 5.41) is 3.12. The smallest absolute Gasteiger partial charge is 0.323 e. The molecule has 0 saturated carbocycles. The molecule has 1 heterocycles. The number of hydrogen-bond acceptors (Lipinski definition) is 4. The summed E-state index contributed by atoms with van der Waals surface area (Å²) < 4.78 is 11.8. The second kappa shape index (κ2) is 7.86. The second-order valence-corrected chi connectivity index (χ2v) is 5.48. The van der Waals surface area contributed by atoms with Gasteiger partial charge in [0.25, 0.3) is 0 Å². The zero-order valence-corrected chi connectivity index (χ0v) is 13.9. The number of esters is 1. The van der Waals surface area contributed by atoms with E-state index in [0.29, 0.717) is 13.0 Å². The highest BCUT2D eigenvalue weighted by Gasteiger charge is 2.31. The Kier molecular flexibility index (Phi) is 6.79. The van der Waals surface area contributed by atoms with Gasteiger partial charge in [-0.1, -0.05) is 22.9 Å². The molecule has 0 bridgehead atoms. The van der Waals surface area contributed by atoms with E-state index in [1.54, 1.807) is 0 Å². The van der Waals surface area contributed by atoms with Crippen LogP contribution in [0.25, 0.3) is 0 Å². The molecule has 0 aliphatic carbocycles. The van der Waals surface area contributed by atoms with E-state index in [1.807, 2.05) is 12.1 Å². The molecule has 1 saturated heterocycles. The molecule has 6 heteroatoms. The maximum Gasteiger partial charge on any atom is 0.323 e. The Bertz CT molecular complexity index is 470. The van der Waals surface area contributed by atoms with E-state index in [4.69, 9.17) is 9.47 Å². The highest BCUT2D eigenvalue weighted by Crippen LogP contribution is 2.26. The molecule has 2 atom stereocenters. The zero-order valence-electron chi connectivity index (χ0n) is 11.5. The Balaban J connectivity index is 0.00000200. The molecule has 20 heavy (non-hydrogen) atoms. The summed E-state index contributed by atoms with van der Waals surface area (Å²) in [5.41, 5.74) is 1.16. The lowest BCUT2D eigenvalue weighted by atomic mass is 10.1. The van der Waals surface area contributed by atoms with Crippen LogP contribution in [0, 0.1) is 0 Å². The van der Waals surface area contributed by atoms with Crippen LogP contribution in [0.15, 0.2) is 22.7 Å². The summed E-state index contributed by atoms with van der Waals surface area (Å²) >= 11 is 3.46. The van der Waals surface area contributed by atoms with Crippen molar-refractivity contribution < 1.29 is 14.3 Å². The maximum absolute atomic E-state index is 11.4. The first-order valence-corrected chi connectivity index (χ1v) is 7.19. The molecule has 0 amide bonds. The first-order valence-electron chi connectivity index (χ1n) is 6.40.